The quantitative estimate of drug-likeness (QED) is 0.635. The van der Waals surface area contributed by atoms with E-state index in [1.54, 1.807) is 62.4 Å². The lowest BCUT2D eigenvalue weighted by molar-refractivity contribution is -0.138. The number of imide groups is 1. The van der Waals surface area contributed by atoms with E-state index < -0.39 is 23.4 Å². The molecule has 1 aliphatic rings. The van der Waals surface area contributed by atoms with E-state index in [0.717, 1.165) is 5.01 Å². The van der Waals surface area contributed by atoms with Gasteiger partial charge in [-0.3, -0.25) is 15.0 Å². The summed E-state index contributed by atoms with van der Waals surface area (Å²) in [5.74, 6) is -0.593. The molecule has 0 aliphatic carbocycles. The van der Waals surface area contributed by atoms with Crippen LogP contribution in [0.2, 0.25) is 0 Å². The van der Waals surface area contributed by atoms with Crippen LogP contribution in [0.15, 0.2) is 65.2 Å². The first kappa shape index (κ1) is 19.4. The van der Waals surface area contributed by atoms with E-state index in [1.165, 1.54) is 0 Å². The molecule has 8 heteroatoms. The summed E-state index contributed by atoms with van der Waals surface area (Å²) in [6.07, 6.45) is -0.0676. The number of amides is 4. The second kappa shape index (κ2) is 7.47. The summed E-state index contributed by atoms with van der Waals surface area (Å²) in [4.78, 5) is 38.9. The summed E-state index contributed by atoms with van der Waals surface area (Å²) >= 11 is 0. The first-order valence-corrected chi connectivity index (χ1v) is 9.42. The third-order valence-corrected chi connectivity index (χ3v) is 5.19. The normalized spacial score (nSPS) is 15.2. The maximum Gasteiger partial charge on any atom is 0.344 e. The average Bonchev–Trinajstić information content (AvgIpc) is 3.21. The van der Waals surface area contributed by atoms with E-state index in [4.69, 9.17) is 4.52 Å². The molecule has 1 fully saturated rings. The molecule has 4 rings (SSSR count). The zero-order valence-electron chi connectivity index (χ0n) is 16.5. The van der Waals surface area contributed by atoms with Crippen LogP contribution in [0.3, 0.4) is 0 Å². The number of carbonyl (C=O) groups excluding carboxylic acids is 3. The molecule has 2 heterocycles. The van der Waals surface area contributed by atoms with Gasteiger partial charge in [0.15, 0.2) is 5.54 Å². The number of rotatable bonds is 5. The second-order valence-electron chi connectivity index (χ2n) is 7.07. The summed E-state index contributed by atoms with van der Waals surface area (Å²) in [7, 11) is 0. The van der Waals surface area contributed by atoms with Crippen LogP contribution in [-0.2, 0) is 21.5 Å². The fourth-order valence-corrected chi connectivity index (χ4v) is 3.64. The molecule has 152 valence electrons. The SMILES string of the molecule is Cc1noc(C)c1CC(=O)NN1C(=O)NC(c2ccccc2)(c2ccccc2)C1=O. The van der Waals surface area contributed by atoms with Gasteiger partial charge in [-0.1, -0.05) is 65.8 Å². The van der Waals surface area contributed by atoms with E-state index in [9.17, 15) is 14.4 Å². The lowest BCUT2D eigenvalue weighted by Gasteiger charge is -2.27. The Kier molecular flexibility index (Phi) is 4.83. The van der Waals surface area contributed by atoms with Gasteiger partial charge in [0.2, 0.25) is 5.91 Å². The number of nitrogens with zero attached hydrogens (tertiary/aromatic N) is 2. The summed E-state index contributed by atoms with van der Waals surface area (Å²) < 4.78 is 5.07. The number of carbonyl (C=O) groups is 3. The molecule has 30 heavy (non-hydrogen) atoms. The van der Waals surface area contributed by atoms with Crippen LogP contribution in [-0.4, -0.2) is 28.0 Å². The zero-order chi connectivity index (χ0) is 21.3. The van der Waals surface area contributed by atoms with Crippen molar-refractivity contribution >= 4 is 17.8 Å². The van der Waals surface area contributed by atoms with Gasteiger partial charge in [0.1, 0.15) is 5.76 Å². The summed E-state index contributed by atoms with van der Waals surface area (Å²) in [5.41, 5.74) is 3.39. The third-order valence-electron chi connectivity index (χ3n) is 5.19. The number of hydrogen-bond acceptors (Lipinski definition) is 5. The Morgan fingerprint density at radius 1 is 1.03 bits per heavy atom. The van der Waals surface area contributed by atoms with Crippen molar-refractivity contribution < 1.29 is 18.9 Å². The zero-order valence-corrected chi connectivity index (χ0v) is 16.5. The van der Waals surface area contributed by atoms with Gasteiger partial charge in [-0.15, -0.1) is 0 Å². The molecular formula is C22H20N4O4. The number of hydrogen-bond donors (Lipinski definition) is 2. The Morgan fingerprint density at radius 3 is 2.10 bits per heavy atom. The highest BCUT2D eigenvalue weighted by atomic mass is 16.5. The maximum absolute atomic E-state index is 13.5. The van der Waals surface area contributed by atoms with E-state index >= 15 is 0 Å². The highest BCUT2D eigenvalue weighted by Gasteiger charge is 2.54. The summed E-state index contributed by atoms with van der Waals surface area (Å²) in [6.45, 7) is 3.43. The fourth-order valence-electron chi connectivity index (χ4n) is 3.64. The van der Waals surface area contributed by atoms with Gasteiger partial charge in [0.05, 0.1) is 12.1 Å². The van der Waals surface area contributed by atoms with Crippen molar-refractivity contribution in [2.75, 3.05) is 0 Å². The molecule has 0 atom stereocenters. The molecule has 0 spiro atoms. The van der Waals surface area contributed by atoms with Crippen molar-refractivity contribution in [1.29, 1.82) is 0 Å². The minimum Gasteiger partial charge on any atom is -0.361 e. The molecule has 3 aromatic rings. The van der Waals surface area contributed by atoms with Crippen LogP contribution >= 0.6 is 0 Å². The molecule has 0 unspecified atom stereocenters. The predicted molar refractivity (Wildman–Crippen MR) is 107 cm³/mol. The number of urea groups is 1. The van der Waals surface area contributed by atoms with Crippen molar-refractivity contribution in [3.05, 3.63) is 88.8 Å². The topological polar surface area (TPSA) is 105 Å². The van der Waals surface area contributed by atoms with Crippen molar-refractivity contribution in [3.8, 4) is 0 Å². The first-order valence-electron chi connectivity index (χ1n) is 9.42. The molecule has 4 amide bonds. The number of nitrogens with one attached hydrogen (secondary N) is 2. The first-order chi connectivity index (χ1) is 14.4. The second-order valence-corrected chi connectivity index (χ2v) is 7.07. The van der Waals surface area contributed by atoms with Gasteiger partial charge in [0, 0.05) is 5.56 Å². The van der Waals surface area contributed by atoms with Crippen LogP contribution in [0.25, 0.3) is 0 Å². The van der Waals surface area contributed by atoms with E-state index in [2.05, 4.69) is 15.9 Å². The van der Waals surface area contributed by atoms with E-state index in [0.29, 0.717) is 28.1 Å². The molecule has 1 aliphatic heterocycles. The van der Waals surface area contributed by atoms with Crippen LogP contribution in [0.1, 0.15) is 28.1 Å². The highest BCUT2D eigenvalue weighted by Crippen LogP contribution is 2.35. The Bertz CT molecular complexity index is 1050. The van der Waals surface area contributed by atoms with Crippen LogP contribution in [0, 0.1) is 13.8 Å². The number of aromatic nitrogens is 1. The average molecular weight is 404 g/mol. The van der Waals surface area contributed by atoms with Gasteiger partial charge < -0.3 is 9.84 Å². The van der Waals surface area contributed by atoms with Crippen LogP contribution in [0.5, 0.6) is 0 Å². The molecule has 2 aromatic carbocycles. The lowest BCUT2D eigenvalue weighted by atomic mass is 9.83. The largest absolute Gasteiger partial charge is 0.361 e. The Morgan fingerprint density at radius 2 is 1.60 bits per heavy atom. The molecule has 8 nitrogen and oxygen atoms in total. The Balaban J connectivity index is 1.66. The van der Waals surface area contributed by atoms with Crippen molar-refractivity contribution in [2.45, 2.75) is 25.8 Å². The van der Waals surface area contributed by atoms with Gasteiger partial charge in [-0.05, 0) is 25.0 Å². The molecular weight excluding hydrogens is 384 g/mol. The number of benzene rings is 2. The van der Waals surface area contributed by atoms with E-state index in [1.807, 2.05) is 12.1 Å². The van der Waals surface area contributed by atoms with Gasteiger partial charge >= 0.3 is 6.03 Å². The number of hydrazine groups is 1. The summed E-state index contributed by atoms with van der Waals surface area (Å²) in [5, 5.41) is 7.33. The van der Waals surface area contributed by atoms with Gasteiger partial charge in [0.25, 0.3) is 5.91 Å². The summed E-state index contributed by atoms with van der Waals surface area (Å²) in [6, 6.07) is 17.2. The fraction of sp³-hybridized carbons (Fsp3) is 0.182. The molecule has 0 bridgehead atoms. The highest BCUT2D eigenvalue weighted by molar-refractivity contribution is 6.10. The lowest BCUT2D eigenvalue weighted by Crippen LogP contribution is -2.49. The number of aryl methyl sites for hydroxylation is 2. The van der Waals surface area contributed by atoms with Crippen molar-refractivity contribution in [2.24, 2.45) is 0 Å². The minimum atomic E-state index is -1.43. The molecule has 1 aromatic heterocycles. The third kappa shape index (κ3) is 3.12. The molecule has 0 radical (unpaired) electrons. The smallest absolute Gasteiger partial charge is 0.344 e. The van der Waals surface area contributed by atoms with Crippen molar-refractivity contribution in [3.63, 3.8) is 0 Å². The maximum atomic E-state index is 13.5. The van der Waals surface area contributed by atoms with Gasteiger partial charge in [-0.25, -0.2) is 4.79 Å². The predicted octanol–water partition coefficient (Wildman–Crippen LogP) is 2.36. The molecule has 2 N–H and O–H groups in total. The Labute approximate surface area is 172 Å². The minimum absolute atomic E-state index is 0.0676. The molecule has 1 saturated heterocycles. The monoisotopic (exact) mass is 404 g/mol. The van der Waals surface area contributed by atoms with Gasteiger partial charge in [-0.2, -0.15) is 5.01 Å². The van der Waals surface area contributed by atoms with Crippen LogP contribution < -0.4 is 10.7 Å². The van der Waals surface area contributed by atoms with E-state index in [-0.39, 0.29) is 6.42 Å². The standard InChI is InChI=1S/C22H20N4O4/c1-14-18(15(2)30-25-14)13-19(27)24-26-20(28)22(23-21(26)29,16-9-5-3-6-10-16)17-11-7-4-8-12-17/h3-12H,13H2,1-2H3,(H,23,29)(H,24,27). The Hall–Kier alpha value is -3.94. The van der Waals surface area contributed by atoms with Crippen molar-refractivity contribution in [1.82, 2.24) is 20.9 Å². The van der Waals surface area contributed by atoms with Crippen LogP contribution in [0.4, 0.5) is 4.79 Å². The molecule has 0 saturated carbocycles.